The SMILES string of the molecule is C[C@H](CC[C@H]1CC=CC(=O)O1)[C@H]1CC[C@H]2[C@@H]3CC[C@@H]4C[C@H](O[Si](C)(C)C(C)(C)C)CC[C@]4(C)[C@H]3CC[C@]12C. The molecule has 0 unspecified atom stereocenters. The van der Waals surface area contributed by atoms with Gasteiger partial charge >= 0.3 is 5.97 Å². The first-order valence-corrected chi connectivity index (χ1v) is 19.2. The summed E-state index contributed by atoms with van der Waals surface area (Å²) in [5, 5.41) is 0.299. The van der Waals surface area contributed by atoms with E-state index >= 15 is 0 Å². The molecule has 5 aliphatic rings. The van der Waals surface area contributed by atoms with Crippen molar-refractivity contribution in [2.24, 2.45) is 46.3 Å². The third kappa shape index (κ3) is 5.12. The van der Waals surface area contributed by atoms with Gasteiger partial charge in [0, 0.05) is 18.6 Å². The summed E-state index contributed by atoms with van der Waals surface area (Å²) in [6.07, 6.45) is 19.9. The third-order valence-electron chi connectivity index (χ3n) is 13.5. The minimum atomic E-state index is -1.70. The Balaban J connectivity index is 1.22. The van der Waals surface area contributed by atoms with Gasteiger partial charge in [-0.1, -0.05) is 47.6 Å². The van der Waals surface area contributed by atoms with E-state index < -0.39 is 8.32 Å². The maximum atomic E-state index is 11.7. The monoisotopic (exact) mass is 542 g/mol. The van der Waals surface area contributed by atoms with E-state index in [4.69, 9.17) is 9.16 Å². The summed E-state index contributed by atoms with van der Waals surface area (Å²) in [4.78, 5) is 11.7. The van der Waals surface area contributed by atoms with Crippen LogP contribution in [0.15, 0.2) is 12.2 Å². The van der Waals surface area contributed by atoms with Gasteiger partial charge in [-0.25, -0.2) is 4.79 Å². The number of hydrogen-bond donors (Lipinski definition) is 0. The van der Waals surface area contributed by atoms with Crippen LogP contribution in [0.4, 0.5) is 0 Å². The molecule has 0 radical (unpaired) electrons. The van der Waals surface area contributed by atoms with E-state index in [0.717, 1.165) is 48.3 Å². The van der Waals surface area contributed by atoms with E-state index in [9.17, 15) is 4.79 Å². The number of carbonyl (C=O) groups is 1. The largest absolute Gasteiger partial charge is 0.459 e. The second kappa shape index (κ2) is 10.3. The summed E-state index contributed by atoms with van der Waals surface area (Å²) in [7, 11) is -1.70. The minimum Gasteiger partial charge on any atom is -0.459 e. The predicted molar refractivity (Wildman–Crippen MR) is 159 cm³/mol. The summed E-state index contributed by atoms with van der Waals surface area (Å²) in [6.45, 7) is 19.9. The zero-order valence-corrected chi connectivity index (χ0v) is 27.0. The molecule has 0 bridgehead atoms. The molecule has 38 heavy (non-hydrogen) atoms. The van der Waals surface area contributed by atoms with Gasteiger partial charge in [0.2, 0.25) is 0 Å². The zero-order chi connectivity index (χ0) is 27.5. The highest BCUT2D eigenvalue weighted by molar-refractivity contribution is 6.74. The summed E-state index contributed by atoms with van der Waals surface area (Å²) in [5.74, 6) is 5.06. The Morgan fingerprint density at radius 1 is 1.03 bits per heavy atom. The maximum Gasteiger partial charge on any atom is 0.330 e. The predicted octanol–water partition coefficient (Wildman–Crippen LogP) is 9.32. The molecule has 1 heterocycles. The second-order valence-corrected chi connectivity index (χ2v) is 21.2. The first-order chi connectivity index (χ1) is 17.7. The minimum absolute atomic E-state index is 0.0988. The van der Waals surface area contributed by atoms with Gasteiger partial charge in [0.15, 0.2) is 8.32 Å². The van der Waals surface area contributed by atoms with E-state index in [0.29, 0.717) is 22.0 Å². The van der Waals surface area contributed by atoms with Gasteiger partial charge in [0.1, 0.15) is 6.10 Å². The molecule has 1 aliphatic heterocycles. The van der Waals surface area contributed by atoms with Crippen molar-refractivity contribution in [2.75, 3.05) is 0 Å². The van der Waals surface area contributed by atoms with Crippen molar-refractivity contribution in [3.63, 3.8) is 0 Å². The summed E-state index contributed by atoms with van der Waals surface area (Å²) in [6, 6.07) is 0. The summed E-state index contributed by atoms with van der Waals surface area (Å²) in [5.41, 5.74) is 1.04. The molecule has 0 saturated heterocycles. The van der Waals surface area contributed by atoms with E-state index in [1.54, 1.807) is 6.08 Å². The van der Waals surface area contributed by atoms with E-state index in [2.05, 4.69) is 54.6 Å². The molecule has 0 spiro atoms. The molecule has 0 aromatic heterocycles. The molecule has 4 heteroatoms. The Hall–Kier alpha value is -0.613. The van der Waals surface area contributed by atoms with E-state index in [1.807, 2.05) is 6.08 Å². The zero-order valence-electron chi connectivity index (χ0n) is 26.0. The number of cyclic esters (lactones) is 1. The van der Waals surface area contributed by atoms with Gasteiger partial charge in [-0.3, -0.25) is 0 Å². The standard InChI is InChI=1S/C34H58O3Si/c1-23(12-14-25-10-9-11-31(35)36-25)28-16-17-29-27-15-13-24-22-26(37-38(7,8)32(2,3)4)18-20-33(24,5)30(27)19-21-34(28,29)6/h9,11,23-30H,10,12-22H2,1-8H3/t23-,24-,25-,26-,27+,28-,29+,30+,33+,34-/m1/s1. The van der Waals surface area contributed by atoms with Crippen LogP contribution >= 0.6 is 0 Å². The van der Waals surface area contributed by atoms with Gasteiger partial charge < -0.3 is 9.16 Å². The molecule has 0 amide bonds. The molecule has 0 aromatic carbocycles. The average molecular weight is 543 g/mol. The molecule has 10 atom stereocenters. The molecule has 3 nitrogen and oxygen atoms in total. The highest BCUT2D eigenvalue weighted by atomic mass is 28.4. The van der Waals surface area contributed by atoms with Crippen molar-refractivity contribution >= 4 is 14.3 Å². The van der Waals surface area contributed by atoms with Crippen LogP contribution in [-0.2, 0) is 14.0 Å². The Kier molecular flexibility index (Phi) is 7.86. The number of hydrogen-bond acceptors (Lipinski definition) is 3. The highest BCUT2D eigenvalue weighted by Crippen LogP contribution is 2.68. The fourth-order valence-corrected chi connectivity index (χ4v) is 11.7. The van der Waals surface area contributed by atoms with Crippen LogP contribution in [0.3, 0.4) is 0 Å². The van der Waals surface area contributed by atoms with Crippen LogP contribution in [0, 0.1) is 46.3 Å². The molecule has 0 N–H and O–H groups in total. The topological polar surface area (TPSA) is 35.5 Å². The lowest BCUT2D eigenvalue weighted by molar-refractivity contribution is -0.144. The second-order valence-electron chi connectivity index (χ2n) is 16.4. The molecular weight excluding hydrogens is 484 g/mol. The molecule has 4 saturated carbocycles. The lowest BCUT2D eigenvalue weighted by atomic mass is 9.44. The summed E-state index contributed by atoms with van der Waals surface area (Å²) >= 11 is 0. The van der Waals surface area contributed by atoms with E-state index in [1.165, 1.54) is 64.2 Å². The van der Waals surface area contributed by atoms with Crippen molar-refractivity contribution in [3.05, 3.63) is 12.2 Å². The molecule has 4 fully saturated rings. The van der Waals surface area contributed by atoms with Crippen molar-refractivity contribution in [3.8, 4) is 0 Å². The van der Waals surface area contributed by atoms with Crippen molar-refractivity contribution in [2.45, 2.75) is 149 Å². The Labute approximate surface area is 235 Å². The lowest BCUT2D eigenvalue weighted by Crippen LogP contribution is -2.55. The van der Waals surface area contributed by atoms with Crippen molar-refractivity contribution in [1.82, 2.24) is 0 Å². The van der Waals surface area contributed by atoms with Gasteiger partial charge in [-0.15, -0.1) is 0 Å². The highest BCUT2D eigenvalue weighted by Gasteiger charge is 2.60. The van der Waals surface area contributed by atoms with Gasteiger partial charge in [-0.2, -0.15) is 0 Å². The van der Waals surface area contributed by atoms with Gasteiger partial charge in [-0.05, 0) is 135 Å². The van der Waals surface area contributed by atoms with Crippen molar-refractivity contribution < 1.29 is 14.0 Å². The van der Waals surface area contributed by atoms with Crippen LogP contribution in [0.5, 0.6) is 0 Å². The average Bonchev–Trinajstić information content (AvgIpc) is 3.19. The first kappa shape index (κ1) is 28.9. The van der Waals surface area contributed by atoms with Gasteiger partial charge in [0.25, 0.3) is 0 Å². The van der Waals surface area contributed by atoms with Crippen LogP contribution in [0.1, 0.15) is 119 Å². The van der Waals surface area contributed by atoms with Crippen LogP contribution in [0.25, 0.3) is 0 Å². The summed E-state index contributed by atoms with van der Waals surface area (Å²) < 4.78 is 12.6. The number of carbonyl (C=O) groups excluding carboxylic acids is 1. The van der Waals surface area contributed by atoms with Crippen molar-refractivity contribution in [1.29, 1.82) is 0 Å². The maximum absolute atomic E-state index is 11.7. The Morgan fingerprint density at radius 2 is 1.74 bits per heavy atom. The van der Waals surface area contributed by atoms with Crippen LogP contribution < -0.4 is 0 Å². The van der Waals surface area contributed by atoms with E-state index in [-0.39, 0.29) is 12.1 Å². The lowest BCUT2D eigenvalue weighted by Gasteiger charge is -2.61. The number of esters is 1. The normalized spacial score (nSPS) is 44.1. The number of fused-ring (bicyclic) bond motifs is 5. The molecule has 0 aromatic rings. The number of rotatable bonds is 6. The molecule has 216 valence electrons. The first-order valence-electron chi connectivity index (χ1n) is 16.3. The fraction of sp³-hybridized carbons (Fsp3) is 0.912. The third-order valence-corrected chi connectivity index (χ3v) is 18.1. The molecule has 4 aliphatic carbocycles. The fourth-order valence-electron chi connectivity index (χ4n) is 10.3. The quantitative estimate of drug-likeness (QED) is 0.248. The molecular formula is C34H58O3Si. The Bertz CT molecular complexity index is 904. The number of ether oxygens (including phenoxy) is 1. The van der Waals surface area contributed by atoms with Crippen LogP contribution in [0.2, 0.25) is 18.1 Å². The smallest absolute Gasteiger partial charge is 0.330 e. The van der Waals surface area contributed by atoms with Gasteiger partial charge in [0.05, 0.1) is 0 Å². The molecule has 5 rings (SSSR count). The van der Waals surface area contributed by atoms with Crippen LogP contribution in [-0.4, -0.2) is 26.5 Å². The Morgan fingerprint density at radius 3 is 2.45 bits per heavy atom.